The van der Waals surface area contributed by atoms with Crippen molar-refractivity contribution in [3.8, 4) is 17.3 Å². The molecule has 3 aromatic heterocycles. The van der Waals surface area contributed by atoms with Crippen LogP contribution in [0.5, 0.6) is 0 Å². The second kappa shape index (κ2) is 7.84. The zero-order chi connectivity index (χ0) is 24.1. The Bertz CT molecular complexity index is 1420. The number of alkyl halides is 3. The first-order chi connectivity index (χ1) is 15.4. The number of carbonyl (C=O) groups is 1. The molecule has 0 saturated heterocycles. The van der Waals surface area contributed by atoms with E-state index in [4.69, 9.17) is 5.26 Å². The molecule has 1 N–H and O–H groups in total. The number of fused-ring (bicyclic) bond motifs is 1. The molecule has 1 aliphatic rings. The van der Waals surface area contributed by atoms with Crippen LogP contribution in [-0.4, -0.2) is 35.1 Å². The number of aromatic nitrogens is 3. The fraction of sp³-hybridized carbons (Fsp3) is 0.333. The maximum Gasteiger partial charge on any atom is 0.416 e. The average Bonchev–Trinajstić information content (AvgIpc) is 3.03. The van der Waals surface area contributed by atoms with Crippen molar-refractivity contribution < 1.29 is 26.4 Å². The van der Waals surface area contributed by atoms with Crippen LogP contribution in [0.4, 0.5) is 19.0 Å². The summed E-state index contributed by atoms with van der Waals surface area (Å²) in [5, 5.41) is 11.4. The van der Waals surface area contributed by atoms with Gasteiger partial charge in [0.1, 0.15) is 5.82 Å². The van der Waals surface area contributed by atoms with Crippen LogP contribution in [0, 0.1) is 17.2 Å². The molecule has 1 fully saturated rings. The van der Waals surface area contributed by atoms with Crippen molar-refractivity contribution >= 4 is 32.5 Å². The van der Waals surface area contributed by atoms with Gasteiger partial charge in [-0.2, -0.15) is 18.4 Å². The Hall–Kier alpha value is -3.46. The van der Waals surface area contributed by atoms with E-state index in [1.807, 2.05) is 4.57 Å². The molecule has 0 atom stereocenters. The summed E-state index contributed by atoms with van der Waals surface area (Å²) in [6.07, 6.45) is 0.214. The fourth-order valence-electron chi connectivity index (χ4n) is 3.82. The number of hydrogen-bond donors (Lipinski definition) is 1. The van der Waals surface area contributed by atoms with Gasteiger partial charge in [-0.1, -0.05) is 0 Å². The van der Waals surface area contributed by atoms with Crippen molar-refractivity contribution in [2.45, 2.75) is 37.0 Å². The fourth-order valence-corrected chi connectivity index (χ4v) is 4.43. The number of nitrogens with zero attached hydrogens (tertiary/aromatic N) is 4. The number of amides is 1. The Kier molecular flexibility index (Phi) is 5.40. The summed E-state index contributed by atoms with van der Waals surface area (Å²) < 4.78 is 66.5. The predicted molar refractivity (Wildman–Crippen MR) is 113 cm³/mol. The molecule has 1 aliphatic carbocycles. The summed E-state index contributed by atoms with van der Waals surface area (Å²) in [5.41, 5.74) is -0.487. The number of nitriles is 1. The van der Waals surface area contributed by atoms with E-state index in [0.717, 1.165) is 12.3 Å². The molecule has 1 amide bonds. The first-order valence-corrected chi connectivity index (χ1v) is 11.7. The average molecular weight is 477 g/mol. The molecule has 0 unspecified atom stereocenters. The van der Waals surface area contributed by atoms with E-state index in [9.17, 15) is 26.4 Å². The monoisotopic (exact) mass is 477 g/mol. The van der Waals surface area contributed by atoms with Crippen molar-refractivity contribution in [2.24, 2.45) is 5.92 Å². The number of hydrogen-bond acceptors (Lipinski definition) is 6. The van der Waals surface area contributed by atoms with Gasteiger partial charge in [-0.05, 0) is 31.0 Å². The lowest BCUT2D eigenvalue weighted by Gasteiger charge is -2.32. The molecule has 4 rings (SSSR count). The van der Waals surface area contributed by atoms with Crippen LogP contribution >= 0.6 is 0 Å². The van der Waals surface area contributed by atoms with Gasteiger partial charge >= 0.3 is 6.18 Å². The van der Waals surface area contributed by atoms with Gasteiger partial charge in [0, 0.05) is 36.4 Å². The maximum atomic E-state index is 13.5. The third-order valence-corrected chi connectivity index (χ3v) is 6.47. The van der Waals surface area contributed by atoms with Crippen LogP contribution < -0.4 is 5.32 Å². The zero-order valence-corrected chi connectivity index (χ0v) is 18.3. The second-order valence-corrected chi connectivity index (χ2v) is 9.98. The van der Waals surface area contributed by atoms with Gasteiger partial charge in [0.15, 0.2) is 14.9 Å². The van der Waals surface area contributed by atoms with Gasteiger partial charge in [0.2, 0.25) is 5.91 Å². The third-order valence-electron chi connectivity index (χ3n) is 5.50. The molecule has 0 spiro atoms. The van der Waals surface area contributed by atoms with Crippen molar-refractivity contribution in [2.75, 3.05) is 11.6 Å². The lowest BCUT2D eigenvalue weighted by Crippen LogP contribution is -2.25. The van der Waals surface area contributed by atoms with E-state index >= 15 is 0 Å². The molecule has 8 nitrogen and oxygen atoms in total. The molecule has 172 valence electrons. The molecule has 0 aliphatic heterocycles. The molecule has 1 saturated carbocycles. The van der Waals surface area contributed by atoms with E-state index in [1.165, 1.54) is 19.2 Å². The molecular weight excluding hydrogens is 459 g/mol. The summed E-state index contributed by atoms with van der Waals surface area (Å²) in [4.78, 5) is 19.7. The topological polar surface area (TPSA) is 118 Å². The van der Waals surface area contributed by atoms with Crippen molar-refractivity contribution in [1.29, 1.82) is 5.26 Å². The number of pyridine rings is 2. The van der Waals surface area contributed by atoms with Gasteiger partial charge < -0.3 is 9.88 Å². The number of nitrogens with one attached hydrogen (secondary N) is 1. The minimum absolute atomic E-state index is 0.0699. The SMILES string of the molecule is CC(=O)Nc1cc2c(-c3cc(C(F)(F)F)cc(S(C)(=O)=O)n3)cn(C3CC(C#N)C3)c2cn1. The van der Waals surface area contributed by atoms with Gasteiger partial charge in [0.05, 0.1) is 35.0 Å². The Morgan fingerprint density at radius 3 is 2.55 bits per heavy atom. The maximum absolute atomic E-state index is 13.5. The van der Waals surface area contributed by atoms with E-state index < -0.39 is 26.6 Å². The smallest absolute Gasteiger partial charge is 0.342 e. The van der Waals surface area contributed by atoms with E-state index in [2.05, 4.69) is 21.4 Å². The van der Waals surface area contributed by atoms with Crippen LogP contribution in [0.25, 0.3) is 22.2 Å². The minimum Gasteiger partial charge on any atom is -0.342 e. The highest BCUT2D eigenvalue weighted by molar-refractivity contribution is 7.90. The van der Waals surface area contributed by atoms with E-state index in [0.29, 0.717) is 29.8 Å². The number of anilines is 1. The summed E-state index contributed by atoms with van der Waals surface area (Å²) >= 11 is 0. The molecule has 3 heterocycles. The molecule has 0 radical (unpaired) electrons. The normalized spacial score (nSPS) is 18.5. The summed E-state index contributed by atoms with van der Waals surface area (Å²) in [5.74, 6) is -0.311. The van der Waals surface area contributed by atoms with Crippen molar-refractivity contribution in [3.63, 3.8) is 0 Å². The standard InChI is InChI=1S/C21H18F3N5O3S/c1-11(30)27-19-7-15-16(10-29(18(15)9-26-19)14-3-12(4-14)8-25)17-5-13(21(22,23)24)6-20(28-17)33(2,31)32/h5-7,9-10,12,14H,3-4H2,1-2H3,(H,26,27,30). The Morgan fingerprint density at radius 1 is 1.27 bits per heavy atom. The molecule has 0 bridgehead atoms. The highest BCUT2D eigenvalue weighted by atomic mass is 32.2. The van der Waals surface area contributed by atoms with Gasteiger partial charge in [-0.15, -0.1) is 0 Å². The highest BCUT2D eigenvalue weighted by Gasteiger charge is 2.34. The second-order valence-electron chi connectivity index (χ2n) is 8.02. The van der Waals surface area contributed by atoms with Crippen LogP contribution in [-0.2, 0) is 20.8 Å². The van der Waals surface area contributed by atoms with E-state index in [-0.39, 0.29) is 34.9 Å². The number of carbonyl (C=O) groups excluding carboxylic acids is 1. The molecule has 33 heavy (non-hydrogen) atoms. The van der Waals surface area contributed by atoms with Crippen LogP contribution in [0.1, 0.15) is 31.4 Å². The molecule has 3 aromatic rings. The van der Waals surface area contributed by atoms with Crippen molar-refractivity contribution in [1.82, 2.24) is 14.5 Å². The summed E-state index contributed by atoms with van der Waals surface area (Å²) in [7, 11) is -4.03. The number of halogens is 3. The Labute approximate surface area is 187 Å². The van der Waals surface area contributed by atoms with Crippen LogP contribution in [0.3, 0.4) is 0 Å². The first kappa shape index (κ1) is 22.7. The Balaban J connectivity index is 1.96. The minimum atomic E-state index is -4.79. The van der Waals surface area contributed by atoms with E-state index in [1.54, 1.807) is 6.20 Å². The van der Waals surface area contributed by atoms with Gasteiger partial charge in [0.25, 0.3) is 0 Å². The predicted octanol–water partition coefficient (Wildman–Crippen LogP) is 3.95. The number of rotatable bonds is 4. The Morgan fingerprint density at radius 2 is 1.97 bits per heavy atom. The van der Waals surface area contributed by atoms with Crippen molar-refractivity contribution in [3.05, 3.63) is 36.2 Å². The molecule has 12 heteroatoms. The van der Waals surface area contributed by atoms with Gasteiger partial charge in [-0.25, -0.2) is 18.4 Å². The largest absolute Gasteiger partial charge is 0.416 e. The molecule has 0 aromatic carbocycles. The lowest BCUT2D eigenvalue weighted by molar-refractivity contribution is -0.137. The quantitative estimate of drug-likeness (QED) is 0.608. The summed E-state index contributed by atoms with van der Waals surface area (Å²) in [6, 6.07) is 4.92. The highest BCUT2D eigenvalue weighted by Crippen LogP contribution is 2.43. The molecular formula is C21H18F3N5O3S. The number of sulfone groups is 1. The van der Waals surface area contributed by atoms with Gasteiger partial charge in [-0.3, -0.25) is 4.79 Å². The summed E-state index contributed by atoms with van der Waals surface area (Å²) in [6.45, 7) is 1.29. The van der Waals surface area contributed by atoms with Crippen LogP contribution in [0.15, 0.2) is 35.6 Å². The first-order valence-electron chi connectivity index (χ1n) is 9.84. The zero-order valence-electron chi connectivity index (χ0n) is 17.5. The third kappa shape index (κ3) is 4.41. The van der Waals surface area contributed by atoms with Crippen LogP contribution in [0.2, 0.25) is 0 Å². The lowest BCUT2D eigenvalue weighted by atomic mass is 9.81.